The van der Waals surface area contributed by atoms with E-state index in [4.69, 9.17) is 10.9 Å². The minimum atomic E-state index is -4.52. The van der Waals surface area contributed by atoms with Crippen LogP contribution in [-0.2, 0) is 0 Å². The number of hydrogen-bond donors (Lipinski definition) is 3. The number of aryl methyl sites for hydroxylation is 1. The summed E-state index contributed by atoms with van der Waals surface area (Å²) in [4.78, 5) is 12.7. The van der Waals surface area contributed by atoms with E-state index in [2.05, 4.69) is 5.43 Å². The van der Waals surface area contributed by atoms with Crippen molar-refractivity contribution in [2.24, 2.45) is 5.84 Å². The van der Waals surface area contributed by atoms with Crippen molar-refractivity contribution >= 4 is 11.6 Å². The number of anilines is 1. The molecule has 0 atom stereocenters. The maximum absolute atomic E-state index is 12.4. The number of nitrogen functional groups attached to an aromatic ring is 1. The SMILES string of the molecule is Cc1cc(NN)ccc1C(=O)N(CCO)CC(F)(F)F. The third-order valence-corrected chi connectivity index (χ3v) is 2.65. The van der Waals surface area contributed by atoms with Crippen LogP contribution in [0.2, 0.25) is 0 Å². The summed E-state index contributed by atoms with van der Waals surface area (Å²) >= 11 is 0. The Morgan fingerprint density at radius 3 is 2.55 bits per heavy atom. The van der Waals surface area contributed by atoms with Crippen LogP contribution in [-0.4, -0.2) is 41.8 Å². The topological polar surface area (TPSA) is 78.6 Å². The molecular weight excluding hydrogens is 275 g/mol. The van der Waals surface area contributed by atoms with Crippen LogP contribution in [0.1, 0.15) is 15.9 Å². The second kappa shape index (κ2) is 6.58. The summed E-state index contributed by atoms with van der Waals surface area (Å²) in [5.74, 6) is 4.43. The van der Waals surface area contributed by atoms with Gasteiger partial charge in [-0.05, 0) is 30.7 Å². The lowest BCUT2D eigenvalue weighted by atomic mass is 10.1. The lowest BCUT2D eigenvalue weighted by Gasteiger charge is -2.24. The van der Waals surface area contributed by atoms with E-state index in [1.165, 1.54) is 12.1 Å². The number of alkyl halides is 3. The number of amides is 1. The van der Waals surface area contributed by atoms with E-state index in [0.717, 1.165) is 0 Å². The van der Waals surface area contributed by atoms with E-state index in [1.54, 1.807) is 13.0 Å². The molecule has 8 heteroatoms. The first-order valence-corrected chi connectivity index (χ1v) is 5.82. The van der Waals surface area contributed by atoms with Gasteiger partial charge in [-0.15, -0.1) is 0 Å². The summed E-state index contributed by atoms with van der Waals surface area (Å²) in [6.45, 7) is -0.723. The van der Waals surface area contributed by atoms with Gasteiger partial charge in [0.1, 0.15) is 6.54 Å². The molecule has 1 amide bonds. The molecule has 0 radical (unpaired) electrons. The predicted octanol–water partition coefficient (Wildman–Crippen LogP) is 1.28. The number of hydrazine groups is 1. The third kappa shape index (κ3) is 4.39. The first-order chi connectivity index (χ1) is 9.28. The third-order valence-electron chi connectivity index (χ3n) is 2.65. The molecule has 4 N–H and O–H groups in total. The zero-order valence-electron chi connectivity index (χ0n) is 10.9. The predicted molar refractivity (Wildman–Crippen MR) is 68.0 cm³/mol. The van der Waals surface area contributed by atoms with Crippen LogP contribution in [0.3, 0.4) is 0 Å². The Balaban J connectivity index is 3.00. The van der Waals surface area contributed by atoms with Gasteiger partial charge in [0.2, 0.25) is 0 Å². The molecule has 1 rings (SSSR count). The van der Waals surface area contributed by atoms with Gasteiger partial charge in [-0.2, -0.15) is 13.2 Å². The molecule has 0 aliphatic heterocycles. The fraction of sp³-hybridized carbons (Fsp3) is 0.417. The van der Waals surface area contributed by atoms with Gasteiger partial charge in [0.25, 0.3) is 5.91 Å². The second-order valence-electron chi connectivity index (χ2n) is 4.24. The maximum Gasteiger partial charge on any atom is 0.406 e. The van der Waals surface area contributed by atoms with E-state index >= 15 is 0 Å². The Kier molecular flexibility index (Phi) is 5.34. The average Bonchev–Trinajstić information content (AvgIpc) is 2.35. The first kappa shape index (κ1) is 16.3. The van der Waals surface area contributed by atoms with Gasteiger partial charge in [-0.3, -0.25) is 10.6 Å². The smallest absolute Gasteiger partial charge is 0.395 e. The molecule has 112 valence electrons. The summed E-state index contributed by atoms with van der Waals surface area (Å²) in [6, 6.07) is 4.44. The summed E-state index contributed by atoms with van der Waals surface area (Å²) in [6.07, 6.45) is -4.52. The average molecular weight is 291 g/mol. The Hall–Kier alpha value is -1.80. The van der Waals surface area contributed by atoms with Gasteiger partial charge in [0.15, 0.2) is 0 Å². The van der Waals surface area contributed by atoms with Crippen LogP contribution >= 0.6 is 0 Å². The second-order valence-corrected chi connectivity index (χ2v) is 4.24. The van der Waals surface area contributed by atoms with Crippen molar-refractivity contribution in [3.63, 3.8) is 0 Å². The number of nitrogens with two attached hydrogens (primary N) is 1. The van der Waals surface area contributed by atoms with E-state index in [1.807, 2.05) is 0 Å². The molecule has 0 aliphatic carbocycles. The normalized spacial score (nSPS) is 11.3. The minimum Gasteiger partial charge on any atom is -0.395 e. The number of carbonyl (C=O) groups excluding carboxylic acids is 1. The summed E-state index contributed by atoms with van der Waals surface area (Å²) in [5, 5.41) is 8.79. The molecule has 0 spiro atoms. The standard InChI is InChI=1S/C12H16F3N3O2/c1-8-6-9(17-16)2-3-10(8)11(20)18(4-5-19)7-12(13,14)15/h2-3,6,17,19H,4-5,7,16H2,1H3. The van der Waals surface area contributed by atoms with Crippen LogP contribution in [0.4, 0.5) is 18.9 Å². The summed E-state index contributed by atoms with van der Waals surface area (Å²) in [5.41, 5.74) is 3.56. The van der Waals surface area contributed by atoms with E-state index in [0.29, 0.717) is 16.2 Å². The van der Waals surface area contributed by atoms with Crippen molar-refractivity contribution in [2.75, 3.05) is 25.1 Å². The van der Waals surface area contributed by atoms with Crippen LogP contribution in [0.15, 0.2) is 18.2 Å². The molecule has 0 bridgehead atoms. The molecule has 1 aromatic rings. The Morgan fingerprint density at radius 1 is 1.45 bits per heavy atom. The fourth-order valence-electron chi connectivity index (χ4n) is 1.75. The molecular formula is C12H16F3N3O2. The highest BCUT2D eigenvalue weighted by Crippen LogP contribution is 2.20. The van der Waals surface area contributed by atoms with Crippen molar-refractivity contribution in [2.45, 2.75) is 13.1 Å². The quantitative estimate of drug-likeness (QED) is 0.564. The number of aliphatic hydroxyl groups excluding tert-OH is 1. The van der Waals surface area contributed by atoms with Crippen LogP contribution < -0.4 is 11.3 Å². The number of nitrogens with one attached hydrogen (secondary N) is 1. The number of carbonyl (C=O) groups is 1. The molecule has 0 fully saturated rings. The zero-order chi connectivity index (χ0) is 15.3. The monoisotopic (exact) mass is 291 g/mol. The van der Waals surface area contributed by atoms with Crippen LogP contribution in [0.5, 0.6) is 0 Å². The van der Waals surface area contributed by atoms with Crippen molar-refractivity contribution in [1.82, 2.24) is 4.90 Å². The van der Waals surface area contributed by atoms with Crippen molar-refractivity contribution < 1.29 is 23.1 Å². The van der Waals surface area contributed by atoms with Crippen molar-refractivity contribution in [3.05, 3.63) is 29.3 Å². The largest absolute Gasteiger partial charge is 0.406 e. The molecule has 1 aromatic carbocycles. The van der Waals surface area contributed by atoms with Gasteiger partial charge in [-0.25, -0.2) is 0 Å². The number of benzene rings is 1. The molecule has 0 unspecified atom stereocenters. The zero-order valence-corrected chi connectivity index (χ0v) is 10.9. The number of nitrogens with zero attached hydrogens (tertiary/aromatic N) is 1. The van der Waals surface area contributed by atoms with E-state index in [-0.39, 0.29) is 12.1 Å². The Labute approximate surface area is 114 Å². The van der Waals surface area contributed by atoms with Crippen molar-refractivity contribution in [1.29, 1.82) is 0 Å². The summed E-state index contributed by atoms with van der Waals surface area (Å²) in [7, 11) is 0. The van der Waals surface area contributed by atoms with Crippen molar-refractivity contribution in [3.8, 4) is 0 Å². The first-order valence-electron chi connectivity index (χ1n) is 5.82. The van der Waals surface area contributed by atoms with E-state index < -0.39 is 25.2 Å². The molecule has 0 saturated heterocycles. The van der Waals surface area contributed by atoms with Gasteiger partial charge in [0.05, 0.1) is 6.61 Å². The van der Waals surface area contributed by atoms with Gasteiger partial charge >= 0.3 is 6.18 Å². The van der Waals surface area contributed by atoms with Crippen LogP contribution in [0, 0.1) is 6.92 Å². The highest BCUT2D eigenvalue weighted by molar-refractivity contribution is 5.96. The maximum atomic E-state index is 12.4. The molecule has 5 nitrogen and oxygen atoms in total. The Bertz CT molecular complexity index is 478. The molecule has 20 heavy (non-hydrogen) atoms. The minimum absolute atomic E-state index is 0.140. The highest BCUT2D eigenvalue weighted by atomic mass is 19.4. The Morgan fingerprint density at radius 2 is 2.10 bits per heavy atom. The van der Waals surface area contributed by atoms with Gasteiger partial charge < -0.3 is 15.4 Å². The van der Waals surface area contributed by atoms with Crippen LogP contribution in [0.25, 0.3) is 0 Å². The lowest BCUT2D eigenvalue weighted by Crippen LogP contribution is -2.40. The molecule has 0 saturated carbocycles. The lowest BCUT2D eigenvalue weighted by molar-refractivity contribution is -0.141. The molecule has 0 heterocycles. The fourth-order valence-corrected chi connectivity index (χ4v) is 1.75. The number of halogens is 3. The number of aliphatic hydroxyl groups is 1. The van der Waals surface area contributed by atoms with Gasteiger partial charge in [-0.1, -0.05) is 0 Å². The molecule has 0 aliphatic rings. The number of hydrogen-bond acceptors (Lipinski definition) is 4. The number of rotatable bonds is 5. The molecule has 0 aromatic heterocycles. The highest BCUT2D eigenvalue weighted by Gasteiger charge is 2.33. The van der Waals surface area contributed by atoms with E-state index in [9.17, 15) is 18.0 Å². The van der Waals surface area contributed by atoms with Gasteiger partial charge in [0, 0.05) is 17.8 Å². The summed E-state index contributed by atoms with van der Waals surface area (Å²) < 4.78 is 37.3.